The maximum atomic E-state index is 12.4. The third kappa shape index (κ3) is 2.82. The highest BCUT2D eigenvalue weighted by molar-refractivity contribution is 9.10. The molecule has 2 N–H and O–H groups in total. The number of halogens is 1. The molecule has 0 saturated heterocycles. The lowest BCUT2D eigenvalue weighted by Crippen LogP contribution is -2.30. The summed E-state index contributed by atoms with van der Waals surface area (Å²) in [6, 6.07) is 8.38. The lowest BCUT2D eigenvalue weighted by Gasteiger charge is -2.23. The molecule has 128 valence electrons. The second-order valence-corrected chi connectivity index (χ2v) is 6.94. The molecule has 7 nitrogen and oxygen atoms in total. The number of aryl methyl sites for hydroxylation is 1. The number of amides is 1. The summed E-state index contributed by atoms with van der Waals surface area (Å²) < 4.78 is 5.99. The van der Waals surface area contributed by atoms with E-state index in [-0.39, 0.29) is 11.8 Å². The van der Waals surface area contributed by atoms with Gasteiger partial charge < -0.3 is 14.7 Å². The van der Waals surface area contributed by atoms with Gasteiger partial charge in [0.15, 0.2) is 5.76 Å². The van der Waals surface area contributed by atoms with Crippen LogP contribution in [-0.2, 0) is 6.42 Å². The molecule has 0 radical (unpaired) electrons. The Labute approximate surface area is 150 Å². The van der Waals surface area contributed by atoms with Crippen LogP contribution in [0.2, 0.25) is 0 Å². The van der Waals surface area contributed by atoms with Crippen molar-refractivity contribution in [3.63, 3.8) is 0 Å². The molecule has 1 aliphatic rings. The number of hydrogen-bond acceptors (Lipinski definition) is 4. The number of aromatic nitrogens is 1. The Balaban J connectivity index is 1.63. The third-order valence-electron chi connectivity index (χ3n) is 4.47. The molecule has 0 aliphatic heterocycles. The van der Waals surface area contributed by atoms with Crippen LogP contribution in [0.1, 0.15) is 40.7 Å². The van der Waals surface area contributed by atoms with Gasteiger partial charge in [-0.15, -0.1) is 0 Å². The van der Waals surface area contributed by atoms with E-state index in [9.17, 15) is 14.9 Å². The highest BCUT2D eigenvalue weighted by atomic mass is 79.9. The Morgan fingerprint density at radius 3 is 2.96 bits per heavy atom. The molecular formula is C17H14BrN3O4. The minimum absolute atomic E-state index is 0.0577. The van der Waals surface area contributed by atoms with Crippen molar-refractivity contribution in [1.29, 1.82) is 0 Å². The molecule has 0 bridgehead atoms. The second-order valence-electron chi connectivity index (χ2n) is 6.02. The van der Waals surface area contributed by atoms with Gasteiger partial charge in [0, 0.05) is 21.1 Å². The number of fused-ring (bicyclic) bond motifs is 3. The van der Waals surface area contributed by atoms with Crippen LogP contribution in [0.4, 0.5) is 5.88 Å². The number of H-pyrrole nitrogens is 1. The monoisotopic (exact) mass is 403 g/mol. The van der Waals surface area contributed by atoms with Crippen LogP contribution in [0, 0.1) is 10.1 Å². The van der Waals surface area contributed by atoms with Gasteiger partial charge in [-0.25, -0.2) is 0 Å². The van der Waals surface area contributed by atoms with E-state index < -0.39 is 16.7 Å². The summed E-state index contributed by atoms with van der Waals surface area (Å²) in [5.74, 6) is -0.951. The maximum Gasteiger partial charge on any atom is 0.433 e. The van der Waals surface area contributed by atoms with Crippen LogP contribution >= 0.6 is 15.9 Å². The number of benzene rings is 1. The van der Waals surface area contributed by atoms with Crippen molar-refractivity contribution in [2.45, 2.75) is 25.3 Å². The summed E-state index contributed by atoms with van der Waals surface area (Å²) in [5, 5.41) is 14.8. The van der Waals surface area contributed by atoms with E-state index in [1.54, 1.807) is 0 Å². The first-order valence-corrected chi connectivity index (χ1v) is 8.67. The van der Waals surface area contributed by atoms with E-state index in [4.69, 9.17) is 4.42 Å². The van der Waals surface area contributed by atoms with Gasteiger partial charge in [0.25, 0.3) is 5.91 Å². The minimum atomic E-state index is -0.662. The number of hydrogen-bond donors (Lipinski definition) is 2. The van der Waals surface area contributed by atoms with Gasteiger partial charge >= 0.3 is 5.88 Å². The topological polar surface area (TPSA) is 101 Å². The fraction of sp³-hybridized carbons (Fsp3) is 0.235. The summed E-state index contributed by atoms with van der Waals surface area (Å²) in [5.41, 5.74) is 3.23. The summed E-state index contributed by atoms with van der Waals surface area (Å²) in [4.78, 5) is 25.8. The molecule has 8 heteroatoms. The van der Waals surface area contributed by atoms with Crippen LogP contribution in [0.25, 0.3) is 10.9 Å². The molecular weight excluding hydrogens is 390 g/mol. The van der Waals surface area contributed by atoms with Crippen molar-refractivity contribution < 1.29 is 14.1 Å². The number of nitrogens with zero attached hydrogens (tertiary/aromatic N) is 1. The van der Waals surface area contributed by atoms with Crippen molar-refractivity contribution in [2.24, 2.45) is 0 Å². The van der Waals surface area contributed by atoms with E-state index in [0.717, 1.165) is 40.3 Å². The summed E-state index contributed by atoms with van der Waals surface area (Å²) in [6.45, 7) is 0. The van der Waals surface area contributed by atoms with E-state index >= 15 is 0 Å². The first-order valence-electron chi connectivity index (χ1n) is 7.88. The Kier molecular flexibility index (Phi) is 3.84. The fourth-order valence-corrected chi connectivity index (χ4v) is 3.72. The smallest absolute Gasteiger partial charge is 0.395 e. The van der Waals surface area contributed by atoms with E-state index in [1.807, 2.05) is 12.1 Å². The molecule has 2 heterocycles. The molecule has 3 aromatic rings. The van der Waals surface area contributed by atoms with Gasteiger partial charge in [-0.1, -0.05) is 15.9 Å². The van der Waals surface area contributed by atoms with Gasteiger partial charge in [0.05, 0.1) is 12.1 Å². The number of furan rings is 1. The molecule has 1 atom stereocenters. The number of rotatable bonds is 3. The average Bonchev–Trinajstić information content (AvgIpc) is 3.20. The van der Waals surface area contributed by atoms with Crippen LogP contribution in [0.5, 0.6) is 0 Å². The molecule has 0 saturated carbocycles. The largest absolute Gasteiger partial charge is 0.433 e. The van der Waals surface area contributed by atoms with E-state index in [1.165, 1.54) is 17.7 Å². The molecule has 1 amide bonds. The average molecular weight is 404 g/mol. The van der Waals surface area contributed by atoms with Crippen LogP contribution in [0.15, 0.2) is 39.2 Å². The van der Waals surface area contributed by atoms with Crippen molar-refractivity contribution >= 4 is 38.6 Å². The highest BCUT2D eigenvalue weighted by Crippen LogP contribution is 2.36. The molecule has 4 rings (SSSR count). The summed E-state index contributed by atoms with van der Waals surface area (Å²) in [7, 11) is 0. The van der Waals surface area contributed by atoms with Crippen molar-refractivity contribution in [3.8, 4) is 0 Å². The number of carbonyl (C=O) groups excluding carboxylic acids is 1. The lowest BCUT2D eigenvalue weighted by atomic mass is 9.91. The van der Waals surface area contributed by atoms with Crippen molar-refractivity contribution in [1.82, 2.24) is 10.3 Å². The van der Waals surface area contributed by atoms with Gasteiger partial charge in [0.1, 0.15) is 4.92 Å². The molecule has 1 unspecified atom stereocenters. The maximum absolute atomic E-state index is 12.4. The first kappa shape index (κ1) is 15.9. The van der Waals surface area contributed by atoms with E-state index in [2.05, 4.69) is 32.3 Å². The van der Waals surface area contributed by atoms with Crippen LogP contribution in [-0.4, -0.2) is 15.8 Å². The number of carbonyl (C=O) groups is 1. The Hall–Kier alpha value is -2.61. The first-order chi connectivity index (χ1) is 12.0. The zero-order valence-electron chi connectivity index (χ0n) is 13.0. The van der Waals surface area contributed by atoms with Gasteiger partial charge in [0.2, 0.25) is 0 Å². The fourth-order valence-electron chi connectivity index (χ4n) is 3.36. The van der Waals surface area contributed by atoms with E-state index in [0.29, 0.717) is 0 Å². The van der Waals surface area contributed by atoms with Crippen LogP contribution in [0.3, 0.4) is 0 Å². The van der Waals surface area contributed by atoms with Crippen LogP contribution < -0.4 is 5.32 Å². The number of aromatic amines is 1. The lowest BCUT2D eigenvalue weighted by molar-refractivity contribution is -0.402. The van der Waals surface area contributed by atoms with Crippen molar-refractivity contribution in [2.75, 3.05) is 0 Å². The van der Waals surface area contributed by atoms with Crippen molar-refractivity contribution in [3.05, 3.63) is 61.9 Å². The minimum Gasteiger partial charge on any atom is -0.395 e. The summed E-state index contributed by atoms with van der Waals surface area (Å²) >= 11 is 3.49. The van der Waals surface area contributed by atoms with Gasteiger partial charge in [-0.3, -0.25) is 14.9 Å². The molecule has 1 aliphatic carbocycles. The molecule has 0 spiro atoms. The number of nitro groups is 1. The second kappa shape index (κ2) is 6.03. The Morgan fingerprint density at radius 2 is 2.20 bits per heavy atom. The summed E-state index contributed by atoms with van der Waals surface area (Å²) in [6.07, 6.45) is 2.70. The predicted molar refractivity (Wildman–Crippen MR) is 94.5 cm³/mol. The quantitative estimate of drug-likeness (QED) is 0.504. The molecule has 0 fully saturated rings. The Morgan fingerprint density at radius 1 is 1.36 bits per heavy atom. The molecule has 1 aromatic carbocycles. The Bertz CT molecular complexity index is 991. The third-order valence-corrected chi connectivity index (χ3v) is 4.96. The van der Waals surface area contributed by atoms with Gasteiger partial charge in [-0.05, 0) is 49.1 Å². The highest BCUT2D eigenvalue weighted by Gasteiger charge is 2.27. The SMILES string of the molecule is O=C(NC1CCCc2c1[nH]c1ccc(Br)cc21)c1ccc([N+](=O)[O-])o1. The standard InChI is InChI=1S/C17H14BrN3O4/c18-9-4-5-12-11(8-9)10-2-1-3-13(16(10)19-12)20-17(22)14-6-7-15(25-14)21(23)24/h4-8,13,19H,1-3H2,(H,20,22). The normalized spacial score (nSPS) is 16.6. The van der Waals surface area contributed by atoms with Gasteiger partial charge in [-0.2, -0.15) is 0 Å². The number of nitrogens with one attached hydrogen (secondary N) is 2. The zero-order valence-corrected chi connectivity index (χ0v) is 14.6. The zero-order chi connectivity index (χ0) is 17.6. The molecule has 25 heavy (non-hydrogen) atoms. The molecule has 2 aromatic heterocycles. The predicted octanol–water partition coefficient (Wildman–Crippen LogP) is 4.24.